The Morgan fingerprint density at radius 2 is 2.05 bits per heavy atom. The highest BCUT2D eigenvalue weighted by Gasteiger charge is 2.15. The summed E-state index contributed by atoms with van der Waals surface area (Å²) in [7, 11) is -2.51. The smallest absolute Gasteiger partial charge is 0.336 e. The van der Waals surface area contributed by atoms with Gasteiger partial charge in [-0.3, -0.25) is 4.79 Å². The van der Waals surface area contributed by atoms with E-state index in [1.54, 1.807) is 0 Å². The molecule has 21 heavy (non-hydrogen) atoms. The fraction of sp³-hybridized carbons (Fsp3) is 0.231. The van der Waals surface area contributed by atoms with Crippen LogP contribution >= 0.6 is 0 Å². The minimum atomic E-state index is -3.74. The second-order valence-corrected chi connectivity index (χ2v) is 5.94. The highest BCUT2D eigenvalue weighted by molar-refractivity contribution is 7.89. The van der Waals surface area contributed by atoms with Crippen LogP contribution in [0.5, 0.6) is 0 Å². The van der Waals surface area contributed by atoms with E-state index in [9.17, 15) is 18.0 Å². The van der Waals surface area contributed by atoms with Crippen molar-refractivity contribution in [3.8, 4) is 0 Å². The molecule has 2 aromatic rings. The Bertz CT molecular complexity index is 824. The molecule has 0 aliphatic carbocycles. The molecular weight excluding hydrogens is 298 g/mol. The summed E-state index contributed by atoms with van der Waals surface area (Å²) >= 11 is 0. The molecule has 0 radical (unpaired) electrons. The van der Waals surface area contributed by atoms with Gasteiger partial charge in [0.25, 0.3) is 0 Å². The molecule has 0 saturated carbocycles. The van der Waals surface area contributed by atoms with Crippen molar-refractivity contribution in [1.82, 2.24) is 4.72 Å². The van der Waals surface area contributed by atoms with Crippen LogP contribution in [0.4, 0.5) is 0 Å². The quantitative estimate of drug-likeness (QED) is 0.642. The maximum absolute atomic E-state index is 12.1. The number of nitrogens with one attached hydrogen (secondary N) is 1. The number of rotatable bonds is 5. The number of carbonyl (C=O) groups excluding carboxylic acids is 1. The van der Waals surface area contributed by atoms with Gasteiger partial charge in [-0.15, -0.1) is 0 Å². The van der Waals surface area contributed by atoms with E-state index in [0.717, 1.165) is 0 Å². The third-order valence-electron chi connectivity index (χ3n) is 2.75. The first-order valence-electron chi connectivity index (χ1n) is 6.03. The van der Waals surface area contributed by atoms with E-state index in [1.165, 1.54) is 37.4 Å². The van der Waals surface area contributed by atoms with Gasteiger partial charge >= 0.3 is 11.6 Å². The highest BCUT2D eigenvalue weighted by atomic mass is 32.2. The first-order chi connectivity index (χ1) is 9.92. The average Bonchev–Trinajstić information content (AvgIpc) is 2.46. The Hall–Kier alpha value is -2.19. The summed E-state index contributed by atoms with van der Waals surface area (Å²) in [5.74, 6) is -0.502. The second-order valence-electron chi connectivity index (χ2n) is 4.18. The lowest BCUT2D eigenvalue weighted by molar-refractivity contribution is -0.140. The molecule has 1 aromatic carbocycles. The van der Waals surface area contributed by atoms with Gasteiger partial charge in [-0.1, -0.05) is 0 Å². The minimum absolute atomic E-state index is 0.0220. The van der Waals surface area contributed by atoms with E-state index in [-0.39, 0.29) is 17.9 Å². The van der Waals surface area contributed by atoms with Crippen LogP contribution in [0.2, 0.25) is 0 Å². The molecule has 7 nitrogen and oxygen atoms in total. The maximum Gasteiger partial charge on any atom is 0.336 e. The van der Waals surface area contributed by atoms with Crippen molar-refractivity contribution in [2.75, 3.05) is 13.7 Å². The normalized spacial score (nSPS) is 11.5. The number of ether oxygens (including phenoxy) is 1. The Morgan fingerprint density at radius 3 is 2.76 bits per heavy atom. The van der Waals surface area contributed by atoms with Crippen LogP contribution in [0, 0.1) is 0 Å². The summed E-state index contributed by atoms with van der Waals surface area (Å²) in [4.78, 5) is 22.0. The molecule has 1 aromatic heterocycles. The molecule has 112 valence electrons. The van der Waals surface area contributed by atoms with Crippen LogP contribution in [0.15, 0.2) is 44.4 Å². The predicted molar refractivity (Wildman–Crippen MR) is 74.3 cm³/mol. The number of sulfonamides is 1. The lowest BCUT2D eigenvalue weighted by Gasteiger charge is -2.06. The van der Waals surface area contributed by atoms with E-state index in [2.05, 4.69) is 9.46 Å². The lowest BCUT2D eigenvalue weighted by atomic mass is 10.2. The molecule has 0 saturated heterocycles. The third-order valence-corrected chi connectivity index (χ3v) is 4.21. The Kier molecular flexibility index (Phi) is 4.39. The number of methoxy groups -OCH3 is 1. The summed E-state index contributed by atoms with van der Waals surface area (Å²) in [6.45, 7) is -0.0586. The molecule has 2 rings (SSSR count). The fourth-order valence-electron chi connectivity index (χ4n) is 1.69. The minimum Gasteiger partial charge on any atom is -0.469 e. The van der Waals surface area contributed by atoms with Gasteiger partial charge in [0, 0.05) is 18.0 Å². The number of hydrogen-bond acceptors (Lipinski definition) is 6. The molecule has 0 aliphatic rings. The summed E-state index contributed by atoms with van der Waals surface area (Å²) in [6, 6.07) is 6.81. The van der Waals surface area contributed by atoms with Crippen molar-refractivity contribution in [1.29, 1.82) is 0 Å². The third kappa shape index (κ3) is 3.67. The van der Waals surface area contributed by atoms with Gasteiger partial charge in [0.15, 0.2) is 0 Å². The van der Waals surface area contributed by atoms with Crippen molar-refractivity contribution in [3.05, 3.63) is 40.8 Å². The van der Waals surface area contributed by atoms with Gasteiger partial charge in [0.05, 0.1) is 18.4 Å². The Morgan fingerprint density at radius 1 is 1.29 bits per heavy atom. The van der Waals surface area contributed by atoms with E-state index in [0.29, 0.717) is 11.0 Å². The number of hydrogen-bond donors (Lipinski definition) is 1. The van der Waals surface area contributed by atoms with Crippen LogP contribution in [0.25, 0.3) is 11.0 Å². The zero-order valence-corrected chi connectivity index (χ0v) is 12.0. The van der Waals surface area contributed by atoms with Gasteiger partial charge in [-0.2, -0.15) is 0 Å². The van der Waals surface area contributed by atoms with Crippen LogP contribution in [0.1, 0.15) is 6.42 Å². The van der Waals surface area contributed by atoms with Crippen molar-refractivity contribution >= 4 is 27.0 Å². The topological polar surface area (TPSA) is 103 Å². The number of fused-ring (bicyclic) bond motifs is 1. The fourth-order valence-corrected chi connectivity index (χ4v) is 2.76. The highest BCUT2D eigenvalue weighted by Crippen LogP contribution is 2.17. The Labute approximate surface area is 120 Å². The molecule has 1 N–H and O–H groups in total. The van der Waals surface area contributed by atoms with Gasteiger partial charge in [-0.05, 0) is 24.3 Å². The van der Waals surface area contributed by atoms with E-state index < -0.39 is 21.6 Å². The molecule has 0 atom stereocenters. The Balaban J connectivity index is 2.22. The van der Waals surface area contributed by atoms with Gasteiger partial charge < -0.3 is 9.15 Å². The molecule has 0 unspecified atom stereocenters. The molecule has 1 heterocycles. The van der Waals surface area contributed by atoms with Crippen LogP contribution in [0.3, 0.4) is 0 Å². The lowest BCUT2D eigenvalue weighted by Crippen LogP contribution is -2.26. The standard InChI is InChI=1S/C13H13NO6S/c1-19-12(15)6-7-14-21(17,18)10-3-4-11-9(8-10)2-5-13(16)20-11/h2-5,8,14H,6-7H2,1H3. The van der Waals surface area contributed by atoms with Crippen molar-refractivity contribution < 1.29 is 22.4 Å². The molecule has 0 fully saturated rings. The van der Waals surface area contributed by atoms with E-state index in [1.807, 2.05) is 0 Å². The predicted octanol–water partition coefficient (Wildman–Crippen LogP) is 0.634. The molecule has 0 bridgehead atoms. The molecular formula is C13H13NO6S. The summed E-state index contributed by atoms with van der Waals surface area (Å²) < 4.78 is 35.8. The molecule has 0 aliphatic heterocycles. The summed E-state index contributed by atoms with van der Waals surface area (Å²) in [5, 5.41) is 0.491. The molecule has 0 spiro atoms. The molecule has 0 amide bonds. The van der Waals surface area contributed by atoms with Crippen molar-refractivity contribution in [2.45, 2.75) is 11.3 Å². The number of benzene rings is 1. The summed E-state index contributed by atoms with van der Waals surface area (Å²) in [5.41, 5.74) is -0.203. The first-order valence-corrected chi connectivity index (χ1v) is 7.51. The monoisotopic (exact) mass is 311 g/mol. The largest absolute Gasteiger partial charge is 0.469 e. The first kappa shape index (κ1) is 15.2. The second kappa shape index (κ2) is 6.06. The van der Waals surface area contributed by atoms with Crippen LogP contribution < -0.4 is 10.3 Å². The average molecular weight is 311 g/mol. The number of carbonyl (C=O) groups is 1. The van der Waals surface area contributed by atoms with Gasteiger partial charge in [0.1, 0.15) is 5.58 Å². The van der Waals surface area contributed by atoms with Gasteiger partial charge in [0.2, 0.25) is 10.0 Å². The van der Waals surface area contributed by atoms with Crippen molar-refractivity contribution in [2.24, 2.45) is 0 Å². The number of esters is 1. The van der Waals surface area contributed by atoms with Crippen LogP contribution in [-0.2, 0) is 19.6 Å². The zero-order chi connectivity index (χ0) is 15.5. The van der Waals surface area contributed by atoms with E-state index >= 15 is 0 Å². The van der Waals surface area contributed by atoms with Crippen LogP contribution in [-0.4, -0.2) is 28.0 Å². The maximum atomic E-state index is 12.1. The zero-order valence-electron chi connectivity index (χ0n) is 11.2. The van der Waals surface area contributed by atoms with Gasteiger partial charge in [-0.25, -0.2) is 17.9 Å². The molecule has 8 heteroatoms. The van der Waals surface area contributed by atoms with Crippen molar-refractivity contribution in [3.63, 3.8) is 0 Å². The van der Waals surface area contributed by atoms with E-state index in [4.69, 9.17) is 4.42 Å². The SMILES string of the molecule is COC(=O)CCNS(=O)(=O)c1ccc2oc(=O)ccc2c1. The summed E-state index contributed by atoms with van der Waals surface area (Å²) in [6.07, 6.45) is -0.0574.